The maximum absolute atomic E-state index is 5.38. The Morgan fingerprint density at radius 3 is 2.54 bits per heavy atom. The molecule has 0 unspecified atom stereocenters. The molecule has 0 amide bonds. The van der Waals surface area contributed by atoms with Gasteiger partial charge < -0.3 is 19.9 Å². The molecule has 4 rings (SSSR count). The molecule has 1 aliphatic rings. The summed E-state index contributed by atoms with van der Waals surface area (Å²) in [6.07, 6.45) is 1.62. The second kappa shape index (κ2) is 8.12. The highest BCUT2D eigenvalue weighted by Crippen LogP contribution is 2.26. The number of anilines is 4. The quantitative estimate of drug-likeness (QED) is 0.733. The van der Waals surface area contributed by atoms with Gasteiger partial charge in [-0.1, -0.05) is 24.3 Å². The molecule has 0 radical (unpaired) electrons. The Kier molecular flexibility index (Phi) is 5.23. The van der Waals surface area contributed by atoms with E-state index in [-0.39, 0.29) is 0 Å². The number of nitrogens with zero attached hydrogens (tertiary/aromatic N) is 5. The van der Waals surface area contributed by atoms with Gasteiger partial charge >= 0.3 is 0 Å². The first-order valence-electron chi connectivity index (χ1n) is 9.39. The van der Waals surface area contributed by atoms with E-state index in [9.17, 15) is 0 Å². The van der Waals surface area contributed by atoms with Gasteiger partial charge in [0.15, 0.2) is 5.82 Å². The van der Waals surface area contributed by atoms with Crippen LogP contribution in [0.25, 0.3) is 0 Å². The molecular weight excluding hydrogens is 352 g/mol. The van der Waals surface area contributed by atoms with Crippen molar-refractivity contribution in [3.8, 4) is 5.75 Å². The minimum atomic E-state index is 0.642. The van der Waals surface area contributed by atoms with Crippen LogP contribution in [0.2, 0.25) is 0 Å². The topological polar surface area (TPSA) is 66.4 Å². The molecule has 1 aliphatic heterocycles. The minimum Gasteiger partial charge on any atom is -0.495 e. The van der Waals surface area contributed by atoms with Crippen molar-refractivity contribution in [2.75, 3.05) is 48.4 Å². The lowest BCUT2D eigenvalue weighted by Gasteiger charge is -2.36. The number of piperazine rings is 1. The molecular formula is C21H24N6O. The summed E-state index contributed by atoms with van der Waals surface area (Å²) in [5, 5.41) is 11.6. The highest BCUT2D eigenvalue weighted by Gasteiger charge is 2.20. The van der Waals surface area contributed by atoms with E-state index in [2.05, 4.69) is 61.5 Å². The van der Waals surface area contributed by atoms with Gasteiger partial charge in [-0.25, -0.2) is 0 Å². The molecule has 0 aliphatic carbocycles. The van der Waals surface area contributed by atoms with E-state index in [0.29, 0.717) is 11.8 Å². The number of nitrogens with one attached hydrogen (secondary N) is 1. The summed E-state index contributed by atoms with van der Waals surface area (Å²) in [4.78, 5) is 9.22. The van der Waals surface area contributed by atoms with Gasteiger partial charge in [-0.05, 0) is 36.8 Å². The Bertz CT molecular complexity index is 939. The summed E-state index contributed by atoms with van der Waals surface area (Å²) in [6.45, 7) is 5.69. The van der Waals surface area contributed by atoms with Crippen LogP contribution in [0, 0.1) is 6.92 Å². The van der Waals surface area contributed by atoms with E-state index in [1.54, 1.807) is 13.3 Å². The summed E-state index contributed by atoms with van der Waals surface area (Å²) in [5.74, 6) is 2.05. The van der Waals surface area contributed by atoms with Crippen LogP contribution in [-0.4, -0.2) is 48.5 Å². The third-order valence-electron chi connectivity index (χ3n) is 4.85. The van der Waals surface area contributed by atoms with Crippen molar-refractivity contribution in [1.82, 2.24) is 15.2 Å². The van der Waals surface area contributed by atoms with E-state index in [0.717, 1.165) is 37.6 Å². The maximum Gasteiger partial charge on any atom is 0.247 e. The van der Waals surface area contributed by atoms with Crippen molar-refractivity contribution in [2.45, 2.75) is 6.92 Å². The van der Waals surface area contributed by atoms with Crippen LogP contribution >= 0.6 is 0 Å². The van der Waals surface area contributed by atoms with Crippen LogP contribution in [0.15, 0.2) is 54.7 Å². The van der Waals surface area contributed by atoms with Crippen molar-refractivity contribution in [3.63, 3.8) is 0 Å². The lowest BCUT2D eigenvalue weighted by atomic mass is 10.2. The average Bonchev–Trinajstić information content (AvgIpc) is 2.74. The van der Waals surface area contributed by atoms with Crippen LogP contribution in [-0.2, 0) is 0 Å². The van der Waals surface area contributed by atoms with E-state index in [1.165, 1.54) is 11.3 Å². The molecule has 2 heterocycles. The van der Waals surface area contributed by atoms with Crippen LogP contribution in [0.1, 0.15) is 5.56 Å². The molecule has 3 aromatic rings. The second-order valence-electron chi connectivity index (χ2n) is 6.78. The third kappa shape index (κ3) is 3.98. The Morgan fingerprint density at radius 2 is 1.75 bits per heavy atom. The number of methoxy groups -OCH3 is 1. The number of benzene rings is 2. The number of aryl methyl sites for hydroxylation is 1. The molecule has 0 atom stereocenters. The first-order chi connectivity index (χ1) is 13.7. The molecule has 144 valence electrons. The van der Waals surface area contributed by atoms with Gasteiger partial charge in [-0.2, -0.15) is 10.1 Å². The number of para-hydroxylation sites is 2. The molecule has 0 bridgehead atoms. The van der Waals surface area contributed by atoms with Gasteiger partial charge in [0.25, 0.3) is 0 Å². The van der Waals surface area contributed by atoms with E-state index in [1.807, 2.05) is 24.3 Å². The molecule has 1 fully saturated rings. The third-order valence-corrected chi connectivity index (χ3v) is 4.85. The number of hydrogen-bond donors (Lipinski definition) is 1. The first kappa shape index (κ1) is 18.0. The smallest absolute Gasteiger partial charge is 0.247 e. The molecule has 0 saturated carbocycles. The summed E-state index contributed by atoms with van der Waals surface area (Å²) < 4.78 is 5.38. The van der Waals surface area contributed by atoms with Crippen molar-refractivity contribution < 1.29 is 4.74 Å². The Balaban J connectivity index is 1.44. The predicted octanol–water partition coefficient (Wildman–Crippen LogP) is 3.26. The van der Waals surface area contributed by atoms with Gasteiger partial charge in [-0.15, -0.1) is 5.10 Å². The van der Waals surface area contributed by atoms with Crippen molar-refractivity contribution >= 4 is 23.1 Å². The highest BCUT2D eigenvalue weighted by atomic mass is 16.5. The molecule has 7 heteroatoms. The first-order valence-corrected chi connectivity index (χ1v) is 9.39. The second-order valence-corrected chi connectivity index (χ2v) is 6.78. The van der Waals surface area contributed by atoms with E-state index < -0.39 is 0 Å². The normalized spacial score (nSPS) is 14.1. The lowest BCUT2D eigenvalue weighted by molar-refractivity contribution is 0.417. The van der Waals surface area contributed by atoms with Gasteiger partial charge in [0.2, 0.25) is 5.95 Å². The number of ether oxygens (including phenoxy) is 1. The number of rotatable bonds is 5. The van der Waals surface area contributed by atoms with Crippen LogP contribution < -0.4 is 19.9 Å². The molecule has 1 saturated heterocycles. The van der Waals surface area contributed by atoms with Crippen LogP contribution in [0.5, 0.6) is 5.75 Å². The molecule has 1 N–H and O–H groups in total. The number of aromatic nitrogens is 3. The monoisotopic (exact) mass is 376 g/mol. The van der Waals surface area contributed by atoms with Gasteiger partial charge in [0, 0.05) is 31.9 Å². The van der Waals surface area contributed by atoms with Crippen LogP contribution in [0.3, 0.4) is 0 Å². The SMILES string of the molecule is COc1ccccc1Nc1cnnc(N2CCN(c3cccc(C)c3)CC2)n1. The summed E-state index contributed by atoms with van der Waals surface area (Å²) in [5.41, 5.74) is 3.40. The average molecular weight is 376 g/mol. The van der Waals surface area contributed by atoms with Gasteiger partial charge in [-0.3, -0.25) is 0 Å². The van der Waals surface area contributed by atoms with Crippen LogP contribution in [0.4, 0.5) is 23.1 Å². The van der Waals surface area contributed by atoms with E-state index in [4.69, 9.17) is 4.74 Å². The molecule has 28 heavy (non-hydrogen) atoms. The predicted molar refractivity (Wildman–Crippen MR) is 112 cm³/mol. The van der Waals surface area contributed by atoms with Crippen molar-refractivity contribution in [1.29, 1.82) is 0 Å². The molecule has 0 spiro atoms. The fraction of sp³-hybridized carbons (Fsp3) is 0.286. The van der Waals surface area contributed by atoms with Crippen molar-refractivity contribution in [3.05, 3.63) is 60.3 Å². The number of hydrogen-bond acceptors (Lipinski definition) is 7. The largest absolute Gasteiger partial charge is 0.495 e. The van der Waals surface area contributed by atoms with Gasteiger partial charge in [0.05, 0.1) is 19.0 Å². The summed E-state index contributed by atoms with van der Waals surface area (Å²) in [7, 11) is 1.65. The minimum absolute atomic E-state index is 0.642. The Hall–Kier alpha value is -3.35. The summed E-state index contributed by atoms with van der Waals surface area (Å²) >= 11 is 0. The van der Waals surface area contributed by atoms with E-state index >= 15 is 0 Å². The lowest BCUT2D eigenvalue weighted by Crippen LogP contribution is -2.47. The fourth-order valence-electron chi connectivity index (χ4n) is 3.36. The van der Waals surface area contributed by atoms with Crippen molar-refractivity contribution in [2.24, 2.45) is 0 Å². The highest BCUT2D eigenvalue weighted by molar-refractivity contribution is 5.64. The Morgan fingerprint density at radius 1 is 0.964 bits per heavy atom. The Labute approximate surface area is 165 Å². The summed E-state index contributed by atoms with van der Waals surface area (Å²) in [6, 6.07) is 16.4. The zero-order valence-electron chi connectivity index (χ0n) is 16.2. The zero-order chi connectivity index (χ0) is 19.3. The fourth-order valence-corrected chi connectivity index (χ4v) is 3.36. The molecule has 7 nitrogen and oxygen atoms in total. The maximum atomic E-state index is 5.38. The van der Waals surface area contributed by atoms with Gasteiger partial charge in [0.1, 0.15) is 5.75 Å². The molecule has 1 aromatic heterocycles. The zero-order valence-corrected chi connectivity index (χ0v) is 16.2. The molecule has 2 aromatic carbocycles. The standard InChI is InChI=1S/C21H24N6O/c1-16-6-5-7-17(14-16)26-10-12-27(13-11-26)21-24-20(15-22-25-21)23-18-8-3-4-9-19(18)28-2/h3-9,14-15H,10-13H2,1-2H3,(H,23,24,25).